The molecule has 1 aliphatic carbocycles. The molecule has 1 aliphatic heterocycles. The van der Waals surface area contributed by atoms with Crippen molar-refractivity contribution in [3.63, 3.8) is 0 Å². The zero-order chi connectivity index (χ0) is 20.7. The second kappa shape index (κ2) is 7.75. The number of carbonyl (C=O) groups is 1. The molecule has 2 aromatic rings. The van der Waals surface area contributed by atoms with Crippen LogP contribution in [0.4, 0.5) is 15.9 Å². The average molecular weight is 397 g/mol. The molecule has 3 atom stereocenters. The largest absolute Gasteiger partial charge is 0.363 e. The van der Waals surface area contributed by atoms with Crippen LogP contribution in [0.3, 0.4) is 0 Å². The Morgan fingerprint density at radius 2 is 2.03 bits per heavy atom. The number of aromatic nitrogens is 1. The second-order valence-electron chi connectivity index (χ2n) is 8.65. The summed E-state index contributed by atoms with van der Waals surface area (Å²) < 4.78 is 14.2. The van der Waals surface area contributed by atoms with Crippen LogP contribution in [0.5, 0.6) is 0 Å². The number of anilines is 2. The number of pyridine rings is 1. The van der Waals surface area contributed by atoms with Gasteiger partial charge in [0.25, 0.3) is 0 Å². The maximum atomic E-state index is 14.2. The molecule has 5 nitrogen and oxygen atoms in total. The molecule has 0 unspecified atom stereocenters. The van der Waals surface area contributed by atoms with Gasteiger partial charge in [-0.3, -0.25) is 4.79 Å². The first-order valence-corrected chi connectivity index (χ1v) is 10.3. The molecular formula is C23H29FN4O. The third kappa shape index (κ3) is 3.99. The lowest BCUT2D eigenvalue weighted by atomic mass is 9.80. The Labute approximate surface area is 171 Å². The number of fused-ring (bicyclic) bond motifs is 1. The Kier molecular flexibility index (Phi) is 5.30. The summed E-state index contributed by atoms with van der Waals surface area (Å²) in [6, 6.07) is 10.7. The van der Waals surface area contributed by atoms with Crippen molar-refractivity contribution in [2.45, 2.75) is 45.3 Å². The molecule has 1 fully saturated rings. The van der Waals surface area contributed by atoms with E-state index >= 15 is 0 Å². The Morgan fingerprint density at radius 3 is 2.69 bits per heavy atom. The first kappa shape index (κ1) is 19.8. The van der Waals surface area contributed by atoms with E-state index in [0.717, 1.165) is 42.1 Å². The minimum Gasteiger partial charge on any atom is -0.363 e. The van der Waals surface area contributed by atoms with Crippen LogP contribution >= 0.6 is 0 Å². The lowest BCUT2D eigenvalue weighted by Crippen LogP contribution is -2.51. The lowest BCUT2D eigenvalue weighted by Gasteiger charge is -2.45. The van der Waals surface area contributed by atoms with Gasteiger partial charge in [0.05, 0.1) is 11.7 Å². The molecule has 154 valence electrons. The van der Waals surface area contributed by atoms with Crippen LogP contribution in [0.2, 0.25) is 0 Å². The van der Waals surface area contributed by atoms with E-state index in [0.29, 0.717) is 5.92 Å². The van der Waals surface area contributed by atoms with Gasteiger partial charge in [-0.25, -0.2) is 9.37 Å². The zero-order valence-corrected chi connectivity index (χ0v) is 17.5. The third-order valence-electron chi connectivity index (χ3n) is 5.98. The summed E-state index contributed by atoms with van der Waals surface area (Å²) in [4.78, 5) is 21.3. The summed E-state index contributed by atoms with van der Waals surface area (Å²) in [5, 5.41) is 3.57. The molecule has 1 amide bonds. The van der Waals surface area contributed by atoms with Crippen LogP contribution < -0.4 is 10.2 Å². The van der Waals surface area contributed by atoms with Gasteiger partial charge in [-0.1, -0.05) is 13.0 Å². The van der Waals surface area contributed by atoms with E-state index in [1.54, 1.807) is 19.1 Å². The van der Waals surface area contributed by atoms with Crippen molar-refractivity contribution < 1.29 is 9.18 Å². The number of rotatable bonds is 5. The van der Waals surface area contributed by atoms with Crippen molar-refractivity contribution >= 4 is 17.4 Å². The molecule has 2 heterocycles. The van der Waals surface area contributed by atoms with Gasteiger partial charge in [-0.2, -0.15) is 0 Å². The standard InChI is InChI=1S/C23H29FN4O/c1-14-22(26-21-7-5-6-18(25-21)13-27(3)4)19-12-17(24)10-11-20(19)28(15(2)29)23(14)16-8-9-16/h5-7,10-12,14,16,22-23H,8-9,13H2,1-4H3,(H,25,26)/t14-,22-,23-/m1/s1. The van der Waals surface area contributed by atoms with Crippen molar-refractivity contribution in [1.82, 2.24) is 9.88 Å². The van der Waals surface area contributed by atoms with Crippen molar-refractivity contribution in [2.24, 2.45) is 11.8 Å². The fourth-order valence-electron chi connectivity index (χ4n) is 4.67. The Balaban J connectivity index is 1.73. The van der Waals surface area contributed by atoms with Crippen LogP contribution in [-0.4, -0.2) is 35.9 Å². The maximum Gasteiger partial charge on any atom is 0.224 e. The highest BCUT2D eigenvalue weighted by Gasteiger charge is 2.47. The van der Waals surface area contributed by atoms with Crippen molar-refractivity contribution in [3.8, 4) is 0 Å². The Morgan fingerprint density at radius 1 is 1.28 bits per heavy atom. The molecule has 4 rings (SSSR count). The minimum absolute atomic E-state index is 0.0196. The van der Waals surface area contributed by atoms with E-state index in [9.17, 15) is 9.18 Å². The lowest BCUT2D eigenvalue weighted by molar-refractivity contribution is -0.117. The molecule has 1 saturated carbocycles. The van der Waals surface area contributed by atoms with Crippen LogP contribution in [0.15, 0.2) is 36.4 Å². The van der Waals surface area contributed by atoms with Gasteiger partial charge in [0, 0.05) is 36.7 Å². The first-order valence-electron chi connectivity index (χ1n) is 10.3. The van der Waals surface area contributed by atoms with E-state index in [4.69, 9.17) is 4.98 Å². The predicted octanol–water partition coefficient (Wildman–Crippen LogP) is 4.22. The highest BCUT2D eigenvalue weighted by atomic mass is 19.1. The number of hydrogen-bond donors (Lipinski definition) is 1. The third-order valence-corrected chi connectivity index (χ3v) is 5.98. The highest BCUT2D eigenvalue weighted by molar-refractivity contribution is 5.94. The molecule has 1 N–H and O–H groups in total. The van der Waals surface area contributed by atoms with Gasteiger partial charge in [-0.15, -0.1) is 0 Å². The van der Waals surface area contributed by atoms with E-state index in [2.05, 4.69) is 17.1 Å². The molecule has 2 aliphatic rings. The quantitative estimate of drug-likeness (QED) is 0.822. The molecule has 29 heavy (non-hydrogen) atoms. The van der Waals surface area contributed by atoms with Gasteiger partial charge < -0.3 is 15.1 Å². The van der Waals surface area contributed by atoms with E-state index in [1.807, 2.05) is 37.2 Å². The summed E-state index contributed by atoms with van der Waals surface area (Å²) in [5.41, 5.74) is 2.62. The number of nitrogens with zero attached hydrogens (tertiary/aromatic N) is 3. The average Bonchev–Trinajstić information content (AvgIpc) is 3.48. The number of nitrogens with one attached hydrogen (secondary N) is 1. The predicted molar refractivity (Wildman–Crippen MR) is 113 cm³/mol. The van der Waals surface area contributed by atoms with E-state index < -0.39 is 0 Å². The van der Waals surface area contributed by atoms with Crippen LogP contribution in [0.25, 0.3) is 0 Å². The topological polar surface area (TPSA) is 48.5 Å². The molecule has 0 saturated heterocycles. The normalized spacial score (nSPS) is 23.8. The van der Waals surface area contributed by atoms with Gasteiger partial charge >= 0.3 is 0 Å². The van der Waals surface area contributed by atoms with Gasteiger partial charge in [-0.05, 0) is 63.2 Å². The minimum atomic E-state index is -0.287. The number of amides is 1. The van der Waals surface area contributed by atoms with Crippen molar-refractivity contribution in [3.05, 3.63) is 53.5 Å². The monoisotopic (exact) mass is 396 g/mol. The van der Waals surface area contributed by atoms with Crippen LogP contribution in [0, 0.1) is 17.7 Å². The molecule has 0 spiro atoms. The highest BCUT2D eigenvalue weighted by Crippen LogP contribution is 2.50. The number of hydrogen-bond acceptors (Lipinski definition) is 4. The molecule has 0 bridgehead atoms. The molecule has 1 aromatic carbocycles. The van der Waals surface area contributed by atoms with Crippen LogP contribution in [0.1, 0.15) is 44.0 Å². The van der Waals surface area contributed by atoms with Crippen molar-refractivity contribution in [1.29, 1.82) is 0 Å². The second-order valence-corrected chi connectivity index (χ2v) is 8.65. The summed E-state index contributed by atoms with van der Waals surface area (Å²) in [6.45, 7) is 4.52. The molecule has 6 heteroatoms. The van der Waals surface area contributed by atoms with Gasteiger partial charge in [0.2, 0.25) is 5.91 Å². The summed E-state index contributed by atoms with van der Waals surface area (Å²) in [7, 11) is 4.03. The smallest absolute Gasteiger partial charge is 0.224 e. The fourth-order valence-corrected chi connectivity index (χ4v) is 4.67. The summed E-state index contributed by atoms with van der Waals surface area (Å²) in [6.07, 6.45) is 2.28. The summed E-state index contributed by atoms with van der Waals surface area (Å²) >= 11 is 0. The van der Waals surface area contributed by atoms with Gasteiger partial charge in [0.15, 0.2) is 0 Å². The van der Waals surface area contributed by atoms with Crippen molar-refractivity contribution in [2.75, 3.05) is 24.3 Å². The zero-order valence-electron chi connectivity index (χ0n) is 17.5. The van der Waals surface area contributed by atoms with Crippen LogP contribution in [-0.2, 0) is 11.3 Å². The number of carbonyl (C=O) groups excluding carboxylic acids is 1. The Bertz CT molecular complexity index is 912. The Hall–Kier alpha value is -2.47. The SMILES string of the molecule is CC(=O)N1c2ccc(F)cc2[C@H](Nc2cccc(CN(C)C)n2)[C@@H](C)[C@@H]1C1CC1. The number of benzene rings is 1. The molecule has 0 radical (unpaired) electrons. The molecule has 1 aromatic heterocycles. The fraction of sp³-hybridized carbons (Fsp3) is 0.478. The number of halogens is 1. The van der Waals surface area contributed by atoms with E-state index in [1.165, 1.54) is 6.07 Å². The molecular weight excluding hydrogens is 367 g/mol. The maximum absolute atomic E-state index is 14.2. The summed E-state index contributed by atoms with van der Waals surface area (Å²) in [5.74, 6) is 1.16. The van der Waals surface area contributed by atoms with Gasteiger partial charge in [0.1, 0.15) is 11.6 Å². The van der Waals surface area contributed by atoms with E-state index in [-0.39, 0.29) is 29.7 Å². The first-order chi connectivity index (χ1) is 13.8.